The van der Waals surface area contributed by atoms with Crippen LogP contribution in [0.5, 0.6) is 0 Å². The Balaban J connectivity index is 3.22. The van der Waals surface area contributed by atoms with E-state index in [0.29, 0.717) is 12.5 Å². The van der Waals surface area contributed by atoms with Crippen LogP contribution in [0.15, 0.2) is 0 Å². The van der Waals surface area contributed by atoms with Crippen LogP contribution >= 0.6 is 7.60 Å². The van der Waals surface area contributed by atoms with Crippen molar-refractivity contribution in [2.24, 2.45) is 5.92 Å². The molecule has 5 heteroatoms. The molecule has 0 aliphatic carbocycles. The minimum atomic E-state index is -3.35. The van der Waals surface area contributed by atoms with Crippen molar-refractivity contribution in [2.45, 2.75) is 13.8 Å². The minimum absolute atomic E-state index is 0.109. The van der Waals surface area contributed by atoms with Gasteiger partial charge in [-0.1, -0.05) is 13.8 Å². The van der Waals surface area contributed by atoms with Gasteiger partial charge < -0.3 is 9.63 Å². The molecule has 0 fully saturated rings. The largest absolute Gasteiger partial charge is 0.355 e. The lowest BCUT2D eigenvalue weighted by Gasteiger charge is -2.08. The Morgan fingerprint density at radius 1 is 1.55 bits per heavy atom. The van der Waals surface area contributed by atoms with Crippen molar-refractivity contribution in [3.8, 4) is 0 Å². The Morgan fingerprint density at radius 2 is 2.09 bits per heavy atom. The van der Waals surface area contributed by atoms with Crippen molar-refractivity contribution >= 4 is 7.60 Å². The van der Waals surface area contributed by atoms with Gasteiger partial charge >= 0.3 is 7.60 Å². The monoisotopic (exact) mass is 182 g/mol. The minimum Gasteiger partial charge on any atom is -0.355 e. The Hall–Kier alpha value is 0.110. The first-order valence-electron chi connectivity index (χ1n) is 3.44. The van der Waals surface area contributed by atoms with E-state index in [0.717, 1.165) is 6.66 Å². The van der Waals surface area contributed by atoms with E-state index in [-0.39, 0.29) is 6.79 Å². The number of rotatable bonds is 5. The van der Waals surface area contributed by atoms with Crippen molar-refractivity contribution in [3.63, 3.8) is 0 Å². The highest BCUT2D eigenvalue weighted by atomic mass is 31.2. The fourth-order valence-corrected chi connectivity index (χ4v) is 0.689. The summed E-state index contributed by atoms with van der Waals surface area (Å²) in [5.41, 5.74) is 0. The molecule has 0 rings (SSSR count). The van der Waals surface area contributed by atoms with Crippen LogP contribution in [-0.2, 0) is 13.8 Å². The molecule has 0 aliphatic heterocycles. The van der Waals surface area contributed by atoms with E-state index in [1.54, 1.807) is 0 Å². The molecule has 0 amide bonds. The molecule has 0 aliphatic rings. The van der Waals surface area contributed by atoms with E-state index in [4.69, 9.17) is 9.63 Å². The van der Waals surface area contributed by atoms with Gasteiger partial charge in [0.1, 0.15) is 0 Å². The summed E-state index contributed by atoms with van der Waals surface area (Å²) in [5.74, 6) is 0.411. The van der Waals surface area contributed by atoms with Gasteiger partial charge in [-0.05, 0) is 5.92 Å². The van der Waals surface area contributed by atoms with Gasteiger partial charge in [0, 0.05) is 6.66 Å². The van der Waals surface area contributed by atoms with Gasteiger partial charge in [0.2, 0.25) is 0 Å². The fraction of sp³-hybridized carbons (Fsp3) is 1.00. The van der Waals surface area contributed by atoms with Crippen LogP contribution in [0.1, 0.15) is 13.8 Å². The lowest BCUT2D eigenvalue weighted by Crippen LogP contribution is -2.04. The summed E-state index contributed by atoms with van der Waals surface area (Å²) in [6.07, 6.45) is 0. The van der Waals surface area contributed by atoms with Crippen molar-refractivity contribution in [1.82, 2.24) is 0 Å². The number of hydrogen-bond donors (Lipinski definition) is 1. The first-order chi connectivity index (χ1) is 4.92. The average Bonchev–Trinajstić information content (AvgIpc) is 1.78. The summed E-state index contributed by atoms with van der Waals surface area (Å²) >= 11 is 0. The van der Waals surface area contributed by atoms with E-state index in [1.807, 2.05) is 13.8 Å². The second kappa shape index (κ2) is 4.88. The fourth-order valence-electron chi connectivity index (χ4n) is 0.419. The third-order valence-corrected chi connectivity index (χ3v) is 1.41. The molecule has 0 heterocycles. The van der Waals surface area contributed by atoms with Gasteiger partial charge in [-0.3, -0.25) is 9.09 Å². The van der Waals surface area contributed by atoms with Crippen molar-refractivity contribution < 1.29 is 18.7 Å². The Labute approximate surface area is 67.0 Å². The van der Waals surface area contributed by atoms with Gasteiger partial charge in [-0.15, -0.1) is 0 Å². The standard InChI is InChI=1S/C6H15O4P/c1-6(2)4-9-5-10-11(3,7)8/h6H,4-5H2,1-3H3,(H,7,8). The first kappa shape index (κ1) is 11.1. The Bertz CT molecular complexity index is 140. The van der Waals surface area contributed by atoms with E-state index in [9.17, 15) is 4.57 Å². The van der Waals surface area contributed by atoms with Gasteiger partial charge in [0.15, 0.2) is 6.79 Å². The van der Waals surface area contributed by atoms with Crippen LogP contribution in [0.2, 0.25) is 0 Å². The SMILES string of the molecule is CC(C)COCOP(C)(=O)O. The maximum Gasteiger partial charge on any atom is 0.327 e. The van der Waals surface area contributed by atoms with Gasteiger partial charge in [0.05, 0.1) is 6.61 Å². The zero-order valence-electron chi connectivity index (χ0n) is 7.11. The molecule has 68 valence electrons. The van der Waals surface area contributed by atoms with Crippen molar-refractivity contribution in [1.29, 1.82) is 0 Å². The molecule has 0 spiro atoms. The van der Waals surface area contributed by atoms with Crippen LogP contribution in [0, 0.1) is 5.92 Å². The maximum absolute atomic E-state index is 10.5. The van der Waals surface area contributed by atoms with E-state index < -0.39 is 7.60 Å². The summed E-state index contributed by atoms with van der Waals surface area (Å²) in [7, 11) is -3.35. The molecule has 0 bridgehead atoms. The smallest absolute Gasteiger partial charge is 0.327 e. The molecule has 0 saturated carbocycles. The summed E-state index contributed by atoms with van der Waals surface area (Å²) < 4.78 is 19.9. The van der Waals surface area contributed by atoms with Crippen molar-refractivity contribution in [3.05, 3.63) is 0 Å². The second-order valence-electron chi connectivity index (χ2n) is 2.81. The van der Waals surface area contributed by atoms with E-state index in [1.165, 1.54) is 0 Å². The van der Waals surface area contributed by atoms with Crippen LogP contribution < -0.4 is 0 Å². The molecule has 0 radical (unpaired) electrons. The quantitative estimate of drug-likeness (QED) is 0.397. The van der Waals surface area contributed by atoms with E-state index >= 15 is 0 Å². The summed E-state index contributed by atoms with van der Waals surface area (Å²) in [6, 6.07) is 0. The molecule has 0 aromatic rings. The highest BCUT2D eigenvalue weighted by molar-refractivity contribution is 7.51. The normalized spacial score (nSPS) is 16.8. The molecule has 1 N–H and O–H groups in total. The lowest BCUT2D eigenvalue weighted by atomic mass is 10.2. The molecule has 1 unspecified atom stereocenters. The highest BCUT2D eigenvalue weighted by Gasteiger charge is 2.08. The topological polar surface area (TPSA) is 55.8 Å². The van der Waals surface area contributed by atoms with Gasteiger partial charge in [-0.2, -0.15) is 0 Å². The molecule has 0 aromatic heterocycles. The summed E-state index contributed by atoms with van der Waals surface area (Å²) in [4.78, 5) is 8.64. The second-order valence-corrected chi connectivity index (χ2v) is 4.68. The summed E-state index contributed by atoms with van der Waals surface area (Å²) in [6.45, 7) is 5.54. The zero-order chi connectivity index (χ0) is 8.91. The van der Waals surface area contributed by atoms with Crippen LogP contribution in [0.4, 0.5) is 0 Å². The predicted octanol–water partition coefficient (Wildman–Crippen LogP) is 1.45. The number of ether oxygens (including phenoxy) is 1. The third-order valence-electron chi connectivity index (χ3n) is 0.827. The van der Waals surface area contributed by atoms with Gasteiger partial charge in [-0.25, -0.2) is 0 Å². The Kier molecular flexibility index (Phi) is 4.93. The highest BCUT2D eigenvalue weighted by Crippen LogP contribution is 2.35. The molecule has 1 atom stereocenters. The molecular weight excluding hydrogens is 167 g/mol. The maximum atomic E-state index is 10.5. The first-order valence-corrected chi connectivity index (χ1v) is 5.47. The van der Waals surface area contributed by atoms with Crippen LogP contribution in [0.25, 0.3) is 0 Å². The van der Waals surface area contributed by atoms with Crippen LogP contribution in [0.3, 0.4) is 0 Å². The van der Waals surface area contributed by atoms with Crippen LogP contribution in [-0.4, -0.2) is 25.0 Å². The Morgan fingerprint density at radius 3 is 2.45 bits per heavy atom. The molecule has 0 saturated heterocycles. The van der Waals surface area contributed by atoms with E-state index in [2.05, 4.69) is 4.52 Å². The molecule has 4 nitrogen and oxygen atoms in total. The summed E-state index contributed by atoms with van der Waals surface area (Å²) in [5, 5.41) is 0. The molecule has 0 aromatic carbocycles. The van der Waals surface area contributed by atoms with Crippen molar-refractivity contribution in [2.75, 3.05) is 20.1 Å². The van der Waals surface area contributed by atoms with Gasteiger partial charge in [0.25, 0.3) is 0 Å². The third kappa shape index (κ3) is 10.1. The predicted molar refractivity (Wildman–Crippen MR) is 42.5 cm³/mol. The lowest BCUT2D eigenvalue weighted by molar-refractivity contribution is -0.00181. The average molecular weight is 182 g/mol. The molecular formula is C6H15O4P. The molecule has 11 heavy (non-hydrogen) atoms. The zero-order valence-corrected chi connectivity index (χ0v) is 8.01. The number of hydrogen-bond acceptors (Lipinski definition) is 3.